The van der Waals surface area contributed by atoms with E-state index >= 15 is 0 Å². The van der Waals surface area contributed by atoms with Crippen LogP contribution in [0.2, 0.25) is 0 Å². The minimum Gasteiger partial charge on any atom is -0.225 e. The molecule has 0 aliphatic heterocycles. The molecule has 1 rings (SSSR count). The largest absolute Gasteiger partial charge is 0.238 e. The summed E-state index contributed by atoms with van der Waals surface area (Å²) in [6.45, 7) is 6.49. The van der Waals surface area contributed by atoms with Crippen LogP contribution in [-0.2, 0) is 16.4 Å². The Labute approximate surface area is 97.7 Å². The summed E-state index contributed by atoms with van der Waals surface area (Å²) in [6.07, 6.45) is 1.88. The highest BCUT2D eigenvalue weighted by Gasteiger charge is 2.12. The van der Waals surface area contributed by atoms with Crippen LogP contribution in [0.4, 0.5) is 0 Å². The third-order valence-corrected chi connectivity index (χ3v) is 3.30. The minimum absolute atomic E-state index is 0.193. The number of aryl methyl sites for hydroxylation is 1. The molecule has 1 aromatic carbocycles. The maximum absolute atomic E-state index is 11.2. The van der Waals surface area contributed by atoms with Crippen LogP contribution in [0.15, 0.2) is 29.2 Å². The van der Waals surface area contributed by atoms with Gasteiger partial charge in [-0.1, -0.05) is 32.9 Å². The van der Waals surface area contributed by atoms with Gasteiger partial charge in [0.2, 0.25) is 10.0 Å². The highest BCUT2D eigenvalue weighted by molar-refractivity contribution is 7.89. The molecular formula is C12H19NO2S. The zero-order valence-electron chi connectivity index (χ0n) is 10.0. The molecule has 0 aliphatic carbocycles. The topological polar surface area (TPSA) is 60.2 Å². The Hall–Kier alpha value is -0.870. The van der Waals surface area contributed by atoms with Crippen LogP contribution in [-0.4, -0.2) is 8.42 Å². The van der Waals surface area contributed by atoms with Gasteiger partial charge in [-0.25, -0.2) is 13.6 Å². The fourth-order valence-corrected chi connectivity index (χ4v) is 1.98. The van der Waals surface area contributed by atoms with E-state index in [2.05, 4.69) is 20.8 Å². The first-order valence-electron chi connectivity index (χ1n) is 5.30. The highest BCUT2D eigenvalue weighted by Crippen LogP contribution is 2.22. The molecule has 90 valence electrons. The van der Waals surface area contributed by atoms with Gasteiger partial charge in [0, 0.05) is 0 Å². The average Bonchev–Trinajstić information content (AvgIpc) is 2.13. The normalized spacial score (nSPS) is 12.8. The quantitative estimate of drug-likeness (QED) is 0.882. The van der Waals surface area contributed by atoms with Crippen LogP contribution in [0.3, 0.4) is 0 Å². The highest BCUT2D eigenvalue weighted by atomic mass is 32.2. The molecule has 0 aromatic heterocycles. The lowest BCUT2D eigenvalue weighted by molar-refractivity contribution is 0.378. The van der Waals surface area contributed by atoms with E-state index in [1.165, 1.54) is 6.07 Å². The lowest BCUT2D eigenvalue weighted by Gasteiger charge is -2.17. The van der Waals surface area contributed by atoms with Crippen molar-refractivity contribution in [3.05, 3.63) is 29.8 Å². The van der Waals surface area contributed by atoms with Crippen molar-refractivity contribution in [3.8, 4) is 0 Å². The molecular weight excluding hydrogens is 222 g/mol. The molecule has 0 heterocycles. The van der Waals surface area contributed by atoms with Crippen LogP contribution in [0.5, 0.6) is 0 Å². The number of primary sulfonamides is 1. The van der Waals surface area contributed by atoms with Gasteiger partial charge in [-0.2, -0.15) is 0 Å². The monoisotopic (exact) mass is 241 g/mol. The molecule has 3 nitrogen and oxygen atoms in total. The molecule has 16 heavy (non-hydrogen) atoms. The molecule has 0 saturated heterocycles. The Kier molecular flexibility index (Phi) is 3.76. The van der Waals surface area contributed by atoms with E-state index in [9.17, 15) is 8.42 Å². The summed E-state index contributed by atoms with van der Waals surface area (Å²) >= 11 is 0. The second-order valence-electron chi connectivity index (χ2n) is 5.25. The first-order valence-corrected chi connectivity index (χ1v) is 6.85. The number of benzene rings is 1. The summed E-state index contributed by atoms with van der Waals surface area (Å²) in [5, 5.41) is 5.08. The third kappa shape index (κ3) is 4.33. The van der Waals surface area contributed by atoms with Crippen molar-refractivity contribution in [2.75, 3.05) is 0 Å². The Morgan fingerprint density at radius 2 is 1.88 bits per heavy atom. The Bertz CT molecular complexity index is 458. The summed E-state index contributed by atoms with van der Waals surface area (Å²) in [6, 6.07) is 6.84. The predicted octanol–water partition coefficient (Wildman–Crippen LogP) is 2.31. The lowest BCUT2D eigenvalue weighted by atomic mass is 9.89. The average molecular weight is 241 g/mol. The first kappa shape index (κ1) is 13.2. The number of hydrogen-bond donors (Lipinski definition) is 1. The van der Waals surface area contributed by atoms with Crippen molar-refractivity contribution in [1.82, 2.24) is 0 Å². The fraction of sp³-hybridized carbons (Fsp3) is 0.500. The fourth-order valence-electron chi connectivity index (χ4n) is 1.40. The summed E-state index contributed by atoms with van der Waals surface area (Å²) in [4.78, 5) is 0.193. The molecule has 0 fully saturated rings. The second kappa shape index (κ2) is 4.55. The van der Waals surface area contributed by atoms with E-state index in [-0.39, 0.29) is 10.3 Å². The minimum atomic E-state index is -3.58. The standard InChI is InChI=1S/C12H19NO2S/c1-12(2,3)8-7-10-5-4-6-11(9-10)16(13,14)15/h4-6,9H,7-8H2,1-3H3,(H2,13,14,15). The molecule has 4 heteroatoms. The maximum Gasteiger partial charge on any atom is 0.238 e. The van der Waals surface area contributed by atoms with Gasteiger partial charge in [-0.3, -0.25) is 0 Å². The summed E-state index contributed by atoms with van der Waals surface area (Å²) < 4.78 is 22.3. The summed E-state index contributed by atoms with van der Waals surface area (Å²) in [5.74, 6) is 0. The predicted molar refractivity (Wildman–Crippen MR) is 65.6 cm³/mol. The third-order valence-electron chi connectivity index (χ3n) is 2.39. The SMILES string of the molecule is CC(C)(C)CCc1cccc(S(N)(=O)=O)c1. The van der Waals surface area contributed by atoms with Crippen LogP contribution in [0, 0.1) is 5.41 Å². The lowest BCUT2D eigenvalue weighted by Crippen LogP contribution is -2.12. The molecule has 0 spiro atoms. The van der Waals surface area contributed by atoms with Gasteiger partial charge in [0.05, 0.1) is 4.90 Å². The first-order chi connectivity index (χ1) is 7.18. The van der Waals surface area contributed by atoms with Gasteiger partial charge in [0.15, 0.2) is 0 Å². The van der Waals surface area contributed by atoms with Crippen molar-refractivity contribution in [2.45, 2.75) is 38.5 Å². The van der Waals surface area contributed by atoms with Crippen molar-refractivity contribution in [3.63, 3.8) is 0 Å². The van der Waals surface area contributed by atoms with Crippen LogP contribution in [0.1, 0.15) is 32.8 Å². The molecule has 2 N–H and O–H groups in total. The van der Waals surface area contributed by atoms with E-state index in [0.717, 1.165) is 18.4 Å². The number of nitrogens with two attached hydrogens (primary N) is 1. The molecule has 0 radical (unpaired) electrons. The van der Waals surface area contributed by atoms with Gasteiger partial charge >= 0.3 is 0 Å². The van der Waals surface area contributed by atoms with Crippen LogP contribution < -0.4 is 5.14 Å². The molecule has 0 atom stereocenters. The van der Waals surface area contributed by atoms with E-state index in [1.807, 2.05) is 6.07 Å². The molecule has 0 unspecified atom stereocenters. The van der Waals surface area contributed by atoms with E-state index in [4.69, 9.17) is 5.14 Å². The Balaban J connectivity index is 2.84. The zero-order valence-corrected chi connectivity index (χ0v) is 10.8. The molecule has 0 saturated carbocycles. The van der Waals surface area contributed by atoms with Crippen molar-refractivity contribution in [2.24, 2.45) is 10.6 Å². The zero-order chi connectivity index (χ0) is 12.4. The van der Waals surface area contributed by atoms with Crippen molar-refractivity contribution >= 4 is 10.0 Å². The van der Waals surface area contributed by atoms with Crippen molar-refractivity contribution < 1.29 is 8.42 Å². The van der Waals surface area contributed by atoms with Crippen molar-refractivity contribution in [1.29, 1.82) is 0 Å². The number of rotatable bonds is 3. The molecule has 0 bridgehead atoms. The number of sulfonamides is 1. The molecule has 0 aliphatic rings. The van der Waals surface area contributed by atoms with E-state index in [1.54, 1.807) is 12.1 Å². The van der Waals surface area contributed by atoms with E-state index < -0.39 is 10.0 Å². The van der Waals surface area contributed by atoms with E-state index in [0.29, 0.717) is 0 Å². The smallest absolute Gasteiger partial charge is 0.225 e. The molecule has 0 amide bonds. The van der Waals surface area contributed by atoms with Gasteiger partial charge in [-0.05, 0) is 36.0 Å². The summed E-state index contributed by atoms with van der Waals surface area (Å²) in [7, 11) is -3.58. The van der Waals surface area contributed by atoms with Gasteiger partial charge < -0.3 is 0 Å². The van der Waals surface area contributed by atoms with Gasteiger partial charge in [0.25, 0.3) is 0 Å². The van der Waals surface area contributed by atoms with Gasteiger partial charge in [0.1, 0.15) is 0 Å². The van der Waals surface area contributed by atoms with Crippen LogP contribution in [0.25, 0.3) is 0 Å². The second-order valence-corrected chi connectivity index (χ2v) is 6.81. The Morgan fingerprint density at radius 1 is 1.25 bits per heavy atom. The van der Waals surface area contributed by atoms with Crippen LogP contribution >= 0.6 is 0 Å². The number of hydrogen-bond acceptors (Lipinski definition) is 2. The van der Waals surface area contributed by atoms with Gasteiger partial charge in [-0.15, -0.1) is 0 Å². The maximum atomic E-state index is 11.2. The Morgan fingerprint density at radius 3 is 2.38 bits per heavy atom. The molecule has 1 aromatic rings. The summed E-state index contributed by atoms with van der Waals surface area (Å²) in [5.41, 5.74) is 1.26.